The van der Waals surface area contributed by atoms with Gasteiger partial charge in [-0.1, -0.05) is 54.9 Å². The lowest BCUT2D eigenvalue weighted by molar-refractivity contribution is -0.138. The number of carboxylic acids is 1. The monoisotopic (exact) mass is 745 g/mol. The van der Waals surface area contributed by atoms with Gasteiger partial charge in [0.05, 0.1) is 30.3 Å². The number of halogens is 1. The van der Waals surface area contributed by atoms with Crippen LogP contribution >= 0.6 is 11.6 Å². The summed E-state index contributed by atoms with van der Waals surface area (Å²) in [6, 6.07) is 11.8. The molecule has 53 heavy (non-hydrogen) atoms. The van der Waals surface area contributed by atoms with E-state index in [1.54, 1.807) is 18.3 Å². The van der Waals surface area contributed by atoms with E-state index in [1.807, 2.05) is 23.1 Å². The fourth-order valence-electron chi connectivity index (χ4n) is 7.45. The van der Waals surface area contributed by atoms with Gasteiger partial charge in [0, 0.05) is 74.8 Å². The predicted octanol–water partition coefficient (Wildman–Crippen LogP) is 5.73. The van der Waals surface area contributed by atoms with Crippen molar-refractivity contribution in [2.75, 3.05) is 53.0 Å². The van der Waals surface area contributed by atoms with Crippen molar-refractivity contribution in [3.63, 3.8) is 0 Å². The van der Waals surface area contributed by atoms with E-state index in [9.17, 15) is 19.8 Å². The molecule has 2 N–H and O–H groups in total. The third-order valence-electron chi connectivity index (χ3n) is 10.4. The zero-order valence-electron chi connectivity index (χ0n) is 30.6. The van der Waals surface area contributed by atoms with Gasteiger partial charge in [-0.25, -0.2) is 4.79 Å². The molecule has 282 valence electrons. The Kier molecular flexibility index (Phi) is 12.5. The quantitative estimate of drug-likeness (QED) is 0.146. The fraction of sp³-hybridized carbons (Fsp3) is 0.439. The van der Waals surface area contributed by atoms with Crippen molar-refractivity contribution in [3.05, 3.63) is 105 Å². The van der Waals surface area contributed by atoms with E-state index in [4.69, 9.17) is 30.5 Å². The Labute approximate surface area is 315 Å². The van der Waals surface area contributed by atoms with Crippen LogP contribution in [0.5, 0.6) is 11.5 Å². The Bertz CT molecular complexity index is 1860. The molecule has 3 aromatic rings. The van der Waals surface area contributed by atoms with Crippen molar-refractivity contribution in [1.82, 2.24) is 14.8 Å². The highest BCUT2D eigenvalue weighted by atomic mass is 35.5. The average molecular weight is 746 g/mol. The highest BCUT2D eigenvalue weighted by Crippen LogP contribution is 2.44. The van der Waals surface area contributed by atoms with Gasteiger partial charge in [0.2, 0.25) is 0 Å². The summed E-state index contributed by atoms with van der Waals surface area (Å²) >= 11 is 7.12. The van der Waals surface area contributed by atoms with Gasteiger partial charge in [-0.15, -0.1) is 0 Å². The Morgan fingerprint density at radius 1 is 1.08 bits per heavy atom. The second-order valence-corrected chi connectivity index (χ2v) is 14.4. The van der Waals surface area contributed by atoms with E-state index in [0.717, 1.165) is 48.2 Å². The maximum atomic E-state index is 12.1. The number of likely N-dealkylation sites (tertiary alicyclic amines) is 1. The number of aryl methyl sites for hydroxylation is 1. The SMILES string of the molecule is COC(=O)c1cncc(COc2cc(OCC3(OCCCN4CCC(O)C4)C=CC=C(c4ccccc4C)C3C)c(Cl)c3c2CN(CC(=O)O)CC3)c1. The number of aliphatic hydroxyl groups excluding tert-OH is 1. The summed E-state index contributed by atoms with van der Waals surface area (Å²) in [5, 5.41) is 20.0. The number of β-amino-alcohol motifs (C(OH)–C–C–N with tert-alkyl or cyclic N) is 1. The van der Waals surface area contributed by atoms with E-state index in [-0.39, 0.29) is 31.8 Å². The summed E-state index contributed by atoms with van der Waals surface area (Å²) in [6.07, 6.45) is 11.2. The number of carboxylic acid groups (broad SMARTS) is 1. The molecule has 1 fully saturated rings. The first kappa shape index (κ1) is 38.5. The van der Waals surface area contributed by atoms with Gasteiger partial charge in [0.1, 0.15) is 30.3 Å². The largest absolute Gasteiger partial charge is 0.488 e. The van der Waals surface area contributed by atoms with E-state index in [1.165, 1.54) is 18.9 Å². The molecule has 1 aromatic heterocycles. The molecule has 0 bridgehead atoms. The summed E-state index contributed by atoms with van der Waals surface area (Å²) in [6.45, 7) is 8.18. The van der Waals surface area contributed by atoms with Gasteiger partial charge in [0.15, 0.2) is 0 Å². The molecule has 2 aliphatic heterocycles. The number of hydrogen-bond acceptors (Lipinski definition) is 10. The standard InChI is InChI=1S/C41H48ClN3O8/c1-27-8-4-5-9-32(27)33-10-6-13-41(28(33)2,53-17-7-14-44-15-11-31(46)22-44)26-52-37-19-36(51-25-29-18-30(21-43-20-29)40(49)50-3)35-23-45(24-38(47)48)16-12-34(35)39(37)42/h4-6,8-10,13,18-21,28,31,46H,7,11-12,14-17,22-26H2,1-3H3,(H,47,48). The molecule has 6 rings (SSSR count). The first-order chi connectivity index (χ1) is 25.6. The van der Waals surface area contributed by atoms with Crippen LogP contribution in [0.1, 0.15) is 57.9 Å². The third kappa shape index (κ3) is 9.10. The lowest BCUT2D eigenvalue weighted by atomic mass is 9.76. The number of carbonyl (C=O) groups is 2. The molecule has 0 amide bonds. The molecule has 3 aliphatic rings. The minimum absolute atomic E-state index is 0.0755. The minimum atomic E-state index is -0.912. The van der Waals surface area contributed by atoms with Crippen molar-refractivity contribution in [2.45, 2.75) is 58.0 Å². The molecular weight excluding hydrogens is 698 g/mol. The van der Waals surface area contributed by atoms with Crippen molar-refractivity contribution in [3.8, 4) is 11.5 Å². The van der Waals surface area contributed by atoms with Crippen LogP contribution in [0.15, 0.2) is 67.0 Å². The highest BCUT2D eigenvalue weighted by Gasteiger charge is 2.41. The minimum Gasteiger partial charge on any atom is -0.488 e. The van der Waals surface area contributed by atoms with Crippen LogP contribution in [-0.2, 0) is 33.8 Å². The summed E-state index contributed by atoms with van der Waals surface area (Å²) < 4.78 is 24.8. The number of benzene rings is 2. The van der Waals surface area contributed by atoms with Gasteiger partial charge in [-0.2, -0.15) is 0 Å². The van der Waals surface area contributed by atoms with Crippen molar-refractivity contribution < 1.29 is 38.7 Å². The number of carbonyl (C=O) groups excluding carboxylic acids is 1. The number of methoxy groups -OCH3 is 1. The molecule has 3 heterocycles. The number of nitrogens with zero attached hydrogens (tertiary/aromatic N) is 3. The van der Waals surface area contributed by atoms with Crippen LogP contribution < -0.4 is 9.47 Å². The van der Waals surface area contributed by atoms with Gasteiger partial charge in [-0.3, -0.25) is 14.7 Å². The maximum absolute atomic E-state index is 12.1. The second kappa shape index (κ2) is 17.3. The summed E-state index contributed by atoms with van der Waals surface area (Å²) in [7, 11) is 1.31. The molecule has 3 unspecified atom stereocenters. The van der Waals surface area contributed by atoms with Crippen molar-refractivity contribution >= 4 is 29.1 Å². The zero-order chi connectivity index (χ0) is 37.5. The van der Waals surface area contributed by atoms with Crippen LogP contribution in [0.4, 0.5) is 0 Å². The summed E-state index contributed by atoms with van der Waals surface area (Å²) in [5.74, 6) is -0.539. The number of ether oxygens (including phenoxy) is 4. The number of rotatable bonds is 15. The number of aromatic nitrogens is 1. The van der Waals surface area contributed by atoms with E-state index in [2.05, 4.69) is 48.0 Å². The Morgan fingerprint density at radius 3 is 2.66 bits per heavy atom. The Morgan fingerprint density at radius 2 is 1.91 bits per heavy atom. The zero-order valence-corrected chi connectivity index (χ0v) is 31.3. The first-order valence-corrected chi connectivity index (χ1v) is 18.5. The molecule has 2 aromatic carbocycles. The second-order valence-electron chi connectivity index (χ2n) is 14.1. The van der Waals surface area contributed by atoms with E-state index < -0.39 is 17.5 Å². The number of hydrogen-bond donors (Lipinski definition) is 2. The third-order valence-corrected chi connectivity index (χ3v) is 10.8. The lowest BCUT2D eigenvalue weighted by Crippen LogP contribution is -2.45. The molecular formula is C41H48ClN3O8. The van der Waals surface area contributed by atoms with Crippen LogP contribution in [0.3, 0.4) is 0 Å². The van der Waals surface area contributed by atoms with E-state index >= 15 is 0 Å². The van der Waals surface area contributed by atoms with Gasteiger partial charge in [0.25, 0.3) is 0 Å². The molecule has 1 saturated heterocycles. The molecule has 11 nitrogen and oxygen atoms in total. The molecule has 12 heteroatoms. The topological polar surface area (TPSA) is 131 Å². The number of aliphatic carboxylic acids is 1. The summed E-state index contributed by atoms with van der Waals surface area (Å²) in [4.78, 5) is 32.0. The molecule has 3 atom stereocenters. The van der Waals surface area contributed by atoms with Crippen LogP contribution in [-0.4, -0.2) is 102 Å². The fourth-order valence-corrected chi connectivity index (χ4v) is 7.77. The Hall–Kier alpha value is -4.26. The molecule has 0 saturated carbocycles. The van der Waals surface area contributed by atoms with Crippen molar-refractivity contribution in [2.24, 2.45) is 5.92 Å². The van der Waals surface area contributed by atoms with Crippen LogP contribution in [0.25, 0.3) is 5.57 Å². The van der Waals surface area contributed by atoms with Crippen LogP contribution in [0.2, 0.25) is 5.02 Å². The van der Waals surface area contributed by atoms with Gasteiger partial charge < -0.3 is 34.1 Å². The van der Waals surface area contributed by atoms with Crippen LogP contribution in [0, 0.1) is 12.8 Å². The molecule has 0 radical (unpaired) electrons. The average Bonchev–Trinajstić information content (AvgIpc) is 3.58. The first-order valence-electron chi connectivity index (χ1n) is 18.1. The number of pyridine rings is 1. The Balaban J connectivity index is 1.28. The van der Waals surface area contributed by atoms with E-state index in [0.29, 0.717) is 60.3 Å². The number of fused-ring (bicyclic) bond motifs is 1. The van der Waals surface area contributed by atoms with Crippen molar-refractivity contribution in [1.29, 1.82) is 0 Å². The maximum Gasteiger partial charge on any atom is 0.339 e. The normalized spacial score (nSPS) is 21.6. The van der Waals surface area contributed by atoms with Gasteiger partial charge in [-0.05, 0) is 60.6 Å². The number of allylic oxidation sites excluding steroid dienone is 2. The lowest BCUT2D eigenvalue weighted by Gasteiger charge is -2.40. The smallest absolute Gasteiger partial charge is 0.339 e. The molecule has 1 aliphatic carbocycles. The highest BCUT2D eigenvalue weighted by molar-refractivity contribution is 6.33. The summed E-state index contributed by atoms with van der Waals surface area (Å²) in [5.41, 5.74) is 5.26. The molecule has 0 spiro atoms. The predicted molar refractivity (Wildman–Crippen MR) is 201 cm³/mol. The van der Waals surface area contributed by atoms with Gasteiger partial charge >= 0.3 is 11.9 Å². The number of esters is 1. The number of aliphatic hydroxyl groups is 1.